The smallest absolute Gasteiger partial charge is 0.257 e. The van der Waals surface area contributed by atoms with Gasteiger partial charge in [-0.15, -0.1) is 0 Å². The molecule has 1 aromatic carbocycles. The van der Waals surface area contributed by atoms with E-state index in [1.807, 2.05) is 0 Å². The van der Waals surface area contributed by atoms with Crippen molar-refractivity contribution in [1.82, 2.24) is 9.21 Å². The number of rotatable bonds is 7. The predicted octanol–water partition coefficient (Wildman–Crippen LogP) is 1.95. The van der Waals surface area contributed by atoms with Gasteiger partial charge in [0.25, 0.3) is 5.91 Å². The number of hydrogen-bond acceptors (Lipinski definition) is 6. The maximum atomic E-state index is 13.2. The fourth-order valence-electron chi connectivity index (χ4n) is 3.92. The Bertz CT molecular complexity index is 810. The van der Waals surface area contributed by atoms with E-state index in [0.717, 1.165) is 12.8 Å². The third-order valence-corrected chi connectivity index (χ3v) is 7.65. The Labute approximate surface area is 172 Å². The summed E-state index contributed by atoms with van der Waals surface area (Å²) in [5.74, 6) is 0.432. The lowest BCUT2D eigenvalue weighted by molar-refractivity contribution is -0.0956. The molecule has 162 valence electrons. The summed E-state index contributed by atoms with van der Waals surface area (Å²) >= 11 is 0. The minimum Gasteiger partial charge on any atom is -0.496 e. The first-order valence-electron chi connectivity index (χ1n) is 10.1. The summed E-state index contributed by atoms with van der Waals surface area (Å²) in [6.07, 6.45) is 1.40. The van der Waals surface area contributed by atoms with E-state index in [1.165, 1.54) is 23.5 Å². The highest BCUT2D eigenvalue weighted by molar-refractivity contribution is 7.89. The monoisotopic (exact) mass is 426 g/mol. The third kappa shape index (κ3) is 4.58. The molecule has 2 aliphatic heterocycles. The summed E-state index contributed by atoms with van der Waals surface area (Å²) in [7, 11) is -2.18. The van der Waals surface area contributed by atoms with Gasteiger partial charge in [0.1, 0.15) is 5.75 Å². The molecule has 0 aromatic heterocycles. The average molecular weight is 427 g/mol. The first kappa shape index (κ1) is 22.0. The molecule has 1 aromatic rings. The average Bonchev–Trinajstić information content (AvgIpc) is 3.28. The number of piperidine rings is 1. The number of ether oxygens (including phenoxy) is 3. The normalized spacial score (nSPS) is 19.1. The fourth-order valence-corrected chi connectivity index (χ4v) is 5.41. The van der Waals surface area contributed by atoms with Crippen molar-refractivity contribution in [3.8, 4) is 5.75 Å². The van der Waals surface area contributed by atoms with Crippen molar-refractivity contribution in [1.29, 1.82) is 0 Å². The number of carbonyl (C=O) groups excluding carboxylic acids is 1. The van der Waals surface area contributed by atoms with Gasteiger partial charge >= 0.3 is 0 Å². The maximum Gasteiger partial charge on any atom is 0.257 e. The number of amides is 1. The fraction of sp³-hybridized carbons (Fsp3) is 0.650. The number of sulfonamides is 1. The number of hydrogen-bond donors (Lipinski definition) is 0. The van der Waals surface area contributed by atoms with Gasteiger partial charge in [0.2, 0.25) is 10.0 Å². The highest BCUT2D eigenvalue weighted by atomic mass is 32.2. The molecule has 0 aliphatic carbocycles. The Kier molecular flexibility index (Phi) is 7.15. The molecule has 1 amide bonds. The molecule has 0 N–H and O–H groups in total. The summed E-state index contributed by atoms with van der Waals surface area (Å²) in [6.45, 7) is 6.70. The van der Waals surface area contributed by atoms with Crippen LogP contribution in [0.1, 0.15) is 37.0 Å². The molecule has 0 atom stereocenters. The number of benzene rings is 1. The van der Waals surface area contributed by atoms with E-state index in [-0.39, 0.29) is 28.6 Å². The molecule has 29 heavy (non-hydrogen) atoms. The second-order valence-electron chi connectivity index (χ2n) is 7.19. The van der Waals surface area contributed by atoms with Crippen LogP contribution in [0.4, 0.5) is 0 Å². The van der Waals surface area contributed by atoms with Crippen molar-refractivity contribution in [2.45, 2.75) is 37.9 Å². The van der Waals surface area contributed by atoms with E-state index in [4.69, 9.17) is 14.2 Å². The Balaban J connectivity index is 1.79. The lowest BCUT2D eigenvalue weighted by atomic mass is 9.95. The summed E-state index contributed by atoms with van der Waals surface area (Å²) in [5, 5.41) is 0. The minimum atomic E-state index is -3.66. The lowest BCUT2D eigenvalue weighted by Gasteiger charge is -2.34. The first-order chi connectivity index (χ1) is 13.9. The molecule has 0 unspecified atom stereocenters. The van der Waals surface area contributed by atoms with E-state index in [2.05, 4.69) is 0 Å². The summed E-state index contributed by atoms with van der Waals surface area (Å²) < 4.78 is 43.6. The van der Waals surface area contributed by atoms with Crippen LogP contribution >= 0.6 is 0 Å². The van der Waals surface area contributed by atoms with Crippen LogP contribution in [0.3, 0.4) is 0 Å². The van der Waals surface area contributed by atoms with E-state index in [1.54, 1.807) is 24.8 Å². The van der Waals surface area contributed by atoms with Gasteiger partial charge in [0.05, 0.1) is 30.8 Å². The zero-order valence-electron chi connectivity index (χ0n) is 17.3. The third-order valence-electron chi connectivity index (χ3n) is 5.60. The Hall–Kier alpha value is -1.68. The van der Waals surface area contributed by atoms with Crippen molar-refractivity contribution < 1.29 is 27.4 Å². The quantitative estimate of drug-likeness (QED) is 0.663. The Morgan fingerprint density at radius 3 is 2.34 bits per heavy atom. The maximum absolute atomic E-state index is 13.2. The largest absolute Gasteiger partial charge is 0.496 e. The van der Waals surface area contributed by atoms with Crippen LogP contribution in [0.2, 0.25) is 0 Å². The van der Waals surface area contributed by atoms with Crippen LogP contribution in [0, 0.1) is 5.92 Å². The van der Waals surface area contributed by atoms with Crippen molar-refractivity contribution in [2.24, 2.45) is 5.92 Å². The van der Waals surface area contributed by atoms with E-state index in [0.29, 0.717) is 45.1 Å². The lowest BCUT2D eigenvalue weighted by Crippen LogP contribution is -2.41. The molecule has 2 aliphatic rings. The molecule has 0 radical (unpaired) electrons. The standard InChI is InChI=1S/C20H30N2O6S/c1-4-22(5-2)29(24,25)16-6-7-18(26-3)17(14-16)19(23)21-10-8-15(9-11-21)20-27-12-13-28-20/h6-7,14-15,20H,4-5,8-13H2,1-3H3. The molecular weight excluding hydrogens is 396 g/mol. The molecule has 0 bridgehead atoms. The second-order valence-corrected chi connectivity index (χ2v) is 9.13. The van der Waals surface area contributed by atoms with Crippen molar-refractivity contribution in [3.63, 3.8) is 0 Å². The predicted molar refractivity (Wildman–Crippen MR) is 107 cm³/mol. The van der Waals surface area contributed by atoms with Gasteiger partial charge < -0.3 is 19.1 Å². The molecule has 3 rings (SSSR count). The van der Waals surface area contributed by atoms with E-state index >= 15 is 0 Å². The number of likely N-dealkylation sites (tertiary alicyclic amines) is 1. The zero-order valence-corrected chi connectivity index (χ0v) is 18.1. The van der Waals surface area contributed by atoms with Crippen LogP contribution in [0.15, 0.2) is 23.1 Å². The van der Waals surface area contributed by atoms with Crippen molar-refractivity contribution >= 4 is 15.9 Å². The highest BCUT2D eigenvalue weighted by Gasteiger charge is 2.33. The molecule has 9 heteroatoms. The molecular formula is C20H30N2O6S. The van der Waals surface area contributed by atoms with Gasteiger partial charge in [-0.2, -0.15) is 4.31 Å². The number of carbonyl (C=O) groups is 1. The van der Waals surface area contributed by atoms with Crippen LogP contribution in [0.5, 0.6) is 5.75 Å². The van der Waals surface area contributed by atoms with Gasteiger partial charge in [0.15, 0.2) is 6.29 Å². The van der Waals surface area contributed by atoms with Gasteiger partial charge in [-0.1, -0.05) is 13.8 Å². The summed E-state index contributed by atoms with van der Waals surface area (Å²) in [5.41, 5.74) is 0.271. The van der Waals surface area contributed by atoms with Crippen molar-refractivity contribution in [2.75, 3.05) is 46.5 Å². The van der Waals surface area contributed by atoms with E-state index < -0.39 is 10.0 Å². The number of nitrogens with zero attached hydrogens (tertiary/aromatic N) is 2. The summed E-state index contributed by atoms with van der Waals surface area (Å²) in [4.78, 5) is 15.0. The molecule has 0 spiro atoms. The van der Waals surface area contributed by atoms with Crippen molar-refractivity contribution in [3.05, 3.63) is 23.8 Å². The van der Waals surface area contributed by atoms with Crippen LogP contribution in [0.25, 0.3) is 0 Å². The second kappa shape index (κ2) is 9.42. The molecule has 2 saturated heterocycles. The van der Waals surface area contributed by atoms with E-state index in [9.17, 15) is 13.2 Å². The zero-order chi connectivity index (χ0) is 21.0. The molecule has 0 saturated carbocycles. The molecule has 2 fully saturated rings. The molecule has 2 heterocycles. The molecule has 8 nitrogen and oxygen atoms in total. The van der Waals surface area contributed by atoms with Gasteiger partial charge in [-0.05, 0) is 31.0 Å². The van der Waals surface area contributed by atoms with Crippen LogP contribution < -0.4 is 4.74 Å². The van der Waals surface area contributed by atoms with Crippen LogP contribution in [-0.2, 0) is 19.5 Å². The number of methoxy groups -OCH3 is 1. The first-order valence-corrected chi connectivity index (χ1v) is 11.6. The van der Waals surface area contributed by atoms with Gasteiger partial charge in [0, 0.05) is 32.1 Å². The SMILES string of the molecule is CCN(CC)S(=O)(=O)c1ccc(OC)c(C(=O)N2CCC(C3OCCO3)CC2)c1. The minimum absolute atomic E-state index is 0.105. The van der Waals surface area contributed by atoms with Gasteiger partial charge in [-0.25, -0.2) is 8.42 Å². The Morgan fingerprint density at radius 2 is 1.79 bits per heavy atom. The van der Waals surface area contributed by atoms with Gasteiger partial charge in [-0.3, -0.25) is 4.79 Å². The Morgan fingerprint density at radius 1 is 1.17 bits per heavy atom. The van der Waals surface area contributed by atoms with Crippen LogP contribution in [-0.4, -0.2) is 76.3 Å². The highest BCUT2D eigenvalue weighted by Crippen LogP contribution is 2.30. The topological polar surface area (TPSA) is 85.4 Å². The summed E-state index contributed by atoms with van der Waals surface area (Å²) in [6, 6.07) is 4.48.